The van der Waals surface area contributed by atoms with Crippen LogP contribution in [0.3, 0.4) is 0 Å². The Kier molecular flexibility index (Phi) is 7.66. The van der Waals surface area contributed by atoms with Gasteiger partial charge in [0.05, 0.1) is 12.7 Å². The van der Waals surface area contributed by atoms with Gasteiger partial charge in [-0.2, -0.15) is 0 Å². The molecule has 0 bridgehead atoms. The number of hydrogen-bond donors (Lipinski definition) is 4. The van der Waals surface area contributed by atoms with Gasteiger partial charge in [0.15, 0.2) is 6.29 Å². The molecule has 3 aliphatic heterocycles. The first-order valence-electron chi connectivity index (χ1n) is 16.8. The first kappa shape index (κ1) is 29.1. The Morgan fingerprint density at radius 3 is 2.46 bits per heavy atom. The van der Waals surface area contributed by atoms with Crippen molar-refractivity contribution in [2.75, 3.05) is 19.7 Å². The van der Waals surface area contributed by atoms with Gasteiger partial charge in [-0.05, 0) is 104 Å². The zero-order chi connectivity index (χ0) is 28.8. The Morgan fingerprint density at radius 2 is 1.68 bits per heavy atom. The second-order valence-corrected chi connectivity index (χ2v) is 15.8. The molecular formula is C33H53NO7. The van der Waals surface area contributed by atoms with Crippen molar-refractivity contribution in [2.45, 2.75) is 121 Å². The van der Waals surface area contributed by atoms with Crippen LogP contribution >= 0.6 is 0 Å². The molecule has 0 radical (unpaired) electrons. The largest absolute Gasteiger partial charge is 0.394 e. The van der Waals surface area contributed by atoms with E-state index in [0.29, 0.717) is 36.4 Å². The molecule has 17 atom stereocenters. The molecule has 41 heavy (non-hydrogen) atoms. The smallest absolute Gasteiger partial charge is 0.186 e. The van der Waals surface area contributed by atoms with Crippen molar-refractivity contribution < 1.29 is 34.7 Å². The van der Waals surface area contributed by atoms with Crippen LogP contribution in [0, 0.1) is 58.7 Å². The van der Waals surface area contributed by atoms with Crippen molar-refractivity contribution in [1.29, 1.82) is 0 Å². The first-order chi connectivity index (χ1) is 19.6. The Hall–Kier alpha value is -0.610. The lowest BCUT2D eigenvalue weighted by molar-refractivity contribution is -0.315. The van der Waals surface area contributed by atoms with Gasteiger partial charge in [0.25, 0.3) is 0 Å². The number of carbonyl (C=O) groups is 1. The third-order valence-corrected chi connectivity index (χ3v) is 13.9. The van der Waals surface area contributed by atoms with Gasteiger partial charge in [0.2, 0.25) is 0 Å². The summed E-state index contributed by atoms with van der Waals surface area (Å²) in [5.74, 6) is 6.08. The second-order valence-electron chi connectivity index (χ2n) is 15.8. The molecule has 4 aliphatic carbocycles. The highest BCUT2D eigenvalue weighted by Crippen LogP contribution is 2.66. The third-order valence-electron chi connectivity index (χ3n) is 13.9. The Bertz CT molecular complexity index is 991. The third kappa shape index (κ3) is 4.60. The van der Waals surface area contributed by atoms with E-state index in [9.17, 15) is 25.2 Å². The van der Waals surface area contributed by atoms with E-state index in [2.05, 4.69) is 25.7 Å². The van der Waals surface area contributed by atoms with Crippen LogP contribution < -0.4 is 0 Å². The van der Waals surface area contributed by atoms with E-state index in [4.69, 9.17) is 9.47 Å². The summed E-state index contributed by atoms with van der Waals surface area (Å²) >= 11 is 0. The molecule has 17 unspecified atom stereocenters. The Morgan fingerprint density at radius 1 is 0.902 bits per heavy atom. The number of nitrogens with zero attached hydrogens (tertiary/aromatic N) is 1. The van der Waals surface area contributed by atoms with E-state index in [-0.39, 0.29) is 17.4 Å². The topological polar surface area (TPSA) is 120 Å². The highest BCUT2D eigenvalue weighted by Gasteiger charge is 2.63. The number of Topliss-reactive ketones (excluding diaryl/α,β-unsaturated/α-hetero) is 1. The van der Waals surface area contributed by atoms with Crippen molar-refractivity contribution in [2.24, 2.45) is 58.7 Å². The lowest BCUT2D eigenvalue weighted by Crippen LogP contribution is -2.60. The lowest BCUT2D eigenvalue weighted by Gasteiger charge is -2.56. The van der Waals surface area contributed by atoms with Gasteiger partial charge in [0, 0.05) is 31.5 Å². The minimum Gasteiger partial charge on any atom is -0.394 e. The number of carbonyl (C=O) groups excluding carboxylic acids is 1. The minimum absolute atomic E-state index is 0.0233. The number of aliphatic hydroxyl groups is 4. The Labute approximate surface area is 245 Å². The average molecular weight is 576 g/mol. The van der Waals surface area contributed by atoms with Crippen molar-refractivity contribution >= 4 is 5.78 Å². The minimum atomic E-state index is -1.45. The van der Waals surface area contributed by atoms with Gasteiger partial charge in [0.1, 0.15) is 30.2 Å². The van der Waals surface area contributed by atoms with E-state index in [1.807, 2.05) is 0 Å². The predicted molar refractivity (Wildman–Crippen MR) is 151 cm³/mol. The number of aliphatic hydroxyl groups excluding tert-OH is 4. The molecular weight excluding hydrogens is 522 g/mol. The summed E-state index contributed by atoms with van der Waals surface area (Å²) in [7, 11) is 0. The van der Waals surface area contributed by atoms with Gasteiger partial charge >= 0.3 is 0 Å². The van der Waals surface area contributed by atoms with Gasteiger partial charge in [-0.3, -0.25) is 9.69 Å². The van der Waals surface area contributed by atoms with Gasteiger partial charge in [-0.15, -0.1) is 0 Å². The molecule has 8 heteroatoms. The highest BCUT2D eigenvalue weighted by molar-refractivity contribution is 5.83. The van der Waals surface area contributed by atoms with E-state index >= 15 is 0 Å². The van der Waals surface area contributed by atoms with Crippen molar-refractivity contribution in [3.63, 3.8) is 0 Å². The molecule has 0 aromatic heterocycles. The molecule has 7 fully saturated rings. The summed E-state index contributed by atoms with van der Waals surface area (Å²) in [6.45, 7) is 9.41. The predicted octanol–water partition coefficient (Wildman–Crippen LogP) is 2.60. The van der Waals surface area contributed by atoms with Crippen molar-refractivity contribution in [1.82, 2.24) is 4.90 Å². The van der Waals surface area contributed by atoms with Gasteiger partial charge in [-0.1, -0.05) is 20.8 Å². The molecule has 3 saturated heterocycles. The van der Waals surface area contributed by atoms with E-state index in [1.165, 1.54) is 45.2 Å². The average Bonchev–Trinajstić information content (AvgIpc) is 3.34. The number of fused-ring (bicyclic) bond motifs is 8. The maximum atomic E-state index is 13.9. The van der Waals surface area contributed by atoms with Crippen LogP contribution in [0.15, 0.2) is 0 Å². The number of piperidine rings is 2. The number of hydrogen-bond acceptors (Lipinski definition) is 8. The maximum Gasteiger partial charge on any atom is 0.186 e. The van der Waals surface area contributed by atoms with Crippen molar-refractivity contribution in [3.8, 4) is 0 Å². The molecule has 0 aromatic rings. The fraction of sp³-hybridized carbons (Fsp3) is 0.970. The summed E-state index contributed by atoms with van der Waals surface area (Å²) in [5.41, 5.74) is -0.0233. The normalized spacial score (nSPS) is 57.2. The summed E-state index contributed by atoms with van der Waals surface area (Å²) < 4.78 is 11.8. The number of rotatable bonds is 3. The van der Waals surface area contributed by atoms with Crippen LogP contribution in [-0.4, -0.2) is 93.7 Å². The lowest BCUT2D eigenvalue weighted by atomic mass is 9.51. The van der Waals surface area contributed by atoms with Crippen LogP contribution in [-0.2, 0) is 14.3 Å². The molecule has 7 rings (SSSR count). The summed E-state index contributed by atoms with van der Waals surface area (Å²) in [5, 5.41) is 40.4. The summed E-state index contributed by atoms with van der Waals surface area (Å²) in [6, 6.07) is 0.773. The molecule has 3 heterocycles. The molecule has 8 nitrogen and oxygen atoms in total. The van der Waals surface area contributed by atoms with Crippen LogP contribution in [0.4, 0.5) is 0 Å². The van der Waals surface area contributed by atoms with Crippen LogP contribution in [0.25, 0.3) is 0 Å². The Balaban J connectivity index is 1.06. The summed E-state index contributed by atoms with van der Waals surface area (Å²) in [6.07, 6.45) is 3.05. The van der Waals surface area contributed by atoms with Gasteiger partial charge < -0.3 is 29.9 Å². The fourth-order valence-corrected chi connectivity index (χ4v) is 11.8. The number of ketones is 1. The quantitative estimate of drug-likeness (QED) is 0.379. The van der Waals surface area contributed by atoms with Crippen LogP contribution in [0.2, 0.25) is 0 Å². The molecule has 0 amide bonds. The van der Waals surface area contributed by atoms with E-state index in [0.717, 1.165) is 48.5 Å². The molecule has 7 aliphatic rings. The standard InChI is InChI=1S/C33H53NO7/c1-16-4-7-26-17(2)19-5-6-20-21(23(19)14-34(26)13-16)11-24-22(20)12-27(36)25-10-18(8-9-33(24,25)3)40-32-31(39)30(38)29(37)28(15-35)41-32/h16-26,28-32,35,37-39H,4-15H2,1-3H3. The first-order valence-corrected chi connectivity index (χ1v) is 16.8. The maximum absolute atomic E-state index is 13.9. The van der Waals surface area contributed by atoms with E-state index < -0.39 is 37.3 Å². The SMILES string of the molecule is CC1CCC2C(C)C3CCC4C(CC5C4CC(=O)C4CC(OC6OC(CO)C(O)C(O)C6O)CCC45C)C3CN2C1. The molecule has 232 valence electrons. The fourth-order valence-electron chi connectivity index (χ4n) is 11.8. The monoisotopic (exact) mass is 575 g/mol. The zero-order valence-electron chi connectivity index (χ0n) is 25.2. The van der Waals surface area contributed by atoms with E-state index in [1.54, 1.807) is 0 Å². The van der Waals surface area contributed by atoms with Crippen LogP contribution in [0.1, 0.15) is 78.6 Å². The molecule has 0 spiro atoms. The zero-order valence-corrected chi connectivity index (χ0v) is 25.2. The summed E-state index contributed by atoms with van der Waals surface area (Å²) in [4.78, 5) is 16.7. The second kappa shape index (κ2) is 10.8. The van der Waals surface area contributed by atoms with Crippen molar-refractivity contribution in [3.05, 3.63) is 0 Å². The molecule has 4 saturated carbocycles. The molecule has 4 N–H and O–H groups in total. The highest BCUT2D eigenvalue weighted by atomic mass is 16.7. The van der Waals surface area contributed by atoms with Gasteiger partial charge in [-0.25, -0.2) is 0 Å². The van der Waals surface area contributed by atoms with Crippen LogP contribution in [0.5, 0.6) is 0 Å². The number of ether oxygens (including phenoxy) is 2. The molecule has 0 aromatic carbocycles.